The maximum absolute atomic E-state index is 12.2. The van der Waals surface area contributed by atoms with Crippen LogP contribution in [0.1, 0.15) is 33.6 Å². The Balaban J connectivity index is 3.12. The summed E-state index contributed by atoms with van der Waals surface area (Å²) in [5.74, 6) is 0. The van der Waals surface area contributed by atoms with Crippen LogP contribution in [0.5, 0.6) is 0 Å². The second-order valence-corrected chi connectivity index (χ2v) is 7.19. The summed E-state index contributed by atoms with van der Waals surface area (Å²) < 4.78 is 26.9. The molecule has 0 saturated carbocycles. The molecule has 1 aromatic rings. The molecule has 9 heteroatoms. The molecule has 0 unspecified atom stereocenters. The first kappa shape index (κ1) is 16.9. The van der Waals surface area contributed by atoms with Crippen LogP contribution in [0.25, 0.3) is 0 Å². The zero-order chi connectivity index (χ0) is 15.3. The third-order valence-electron chi connectivity index (χ3n) is 2.80. The van der Waals surface area contributed by atoms with Crippen LogP contribution in [-0.4, -0.2) is 25.9 Å². The Morgan fingerprint density at radius 1 is 1.35 bits per heavy atom. The van der Waals surface area contributed by atoms with E-state index in [1.165, 1.54) is 0 Å². The number of anilines is 1. The molecule has 0 aliphatic heterocycles. The molecule has 7 nitrogen and oxygen atoms in total. The third-order valence-corrected chi connectivity index (χ3v) is 5.87. The van der Waals surface area contributed by atoms with Gasteiger partial charge >= 0.3 is 5.69 Å². The van der Waals surface area contributed by atoms with Crippen molar-refractivity contribution in [1.82, 2.24) is 4.72 Å². The summed E-state index contributed by atoms with van der Waals surface area (Å²) >= 11 is 0.879. The van der Waals surface area contributed by atoms with Gasteiger partial charge in [0.15, 0.2) is 5.00 Å². The predicted octanol–water partition coefficient (Wildman–Crippen LogP) is 2.56. The molecule has 1 heterocycles. The van der Waals surface area contributed by atoms with E-state index in [4.69, 9.17) is 0 Å². The van der Waals surface area contributed by atoms with Gasteiger partial charge in [0.1, 0.15) is 4.21 Å². The molecule has 1 rings (SSSR count). The first-order chi connectivity index (χ1) is 9.35. The Bertz CT molecular complexity index is 564. The van der Waals surface area contributed by atoms with Gasteiger partial charge in [-0.05, 0) is 19.8 Å². The summed E-state index contributed by atoms with van der Waals surface area (Å²) in [6.07, 6.45) is 1.34. The standard InChI is InChI=1S/C11H19N3O4S2/c1-4-8(5-2)13-20(17,18)10-7-9(14(15)16)11(19-10)12-6-3/h7-8,12-13H,4-6H2,1-3H3. The number of rotatable bonds is 8. The van der Waals surface area contributed by atoms with Gasteiger partial charge in [0.05, 0.1) is 4.92 Å². The molecule has 1 aromatic heterocycles. The molecule has 114 valence electrons. The topological polar surface area (TPSA) is 101 Å². The normalized spacial score (nSPS) is 11.8. The Morgan fingerprint density at radius 3 is 2.40 bits per heavy atom. The molecule has 0 aromatic carbocycles. The van der Waals surface area contributed by atoms with Crippen LogP contribution in [0.3, 0.4) is 0 Å². The van der Waals surface area contributed by atoms with Gasteiger partial charge in [0.25, 0.3) is 10.0 Å². The quantitative estimate of drug-likeness (QED) is 0.566. The van der Waals surface area contributed by atoms with Gasteiger partial charge in [-0.15, -0.1) is 0 Å². The summed E-state index contributed by atoms with van der Waals surface area (Å²) in [6, 6.07) is 0.941. The van der Waals surface area contributed by atoms with Gasteiger partial charge in [0.2, 0.25) is 0 Å². The number of sulfonamides is 1. The van der Waals surface area contributed by atoms with Crippen LogP contribution in [0.15, 0.2) is 10.3 Å². The van der Waals surface area contributed by atoms with Crippen LogP contribution in [0.2, 0.25) is 0 Å². The lowest BCUT2D eigenvalue weighted by Crippen LogP contribution is -2.33. The summed E-state index contributed by atoms with van der Waals surface area (Å²) in [4.78, 5) is 10.3. The van der Waals surface area contributed by atoms with Crippen molar-refractivity contribution in [2.24, 2.45) is 0 Å². The second-order valence-electron chi connectivity index (χ2n) is 4.20. The number of hydrogen-bond acceptors (Lipinski definition) is 6. The number of nitrogens with zero attached hydrogens (tertiary/aromatic N) is 1. The van der Waals surface area contributed by atoms with Gasteiger partial charge in [-0.2, -0.15) is 0 Å². The molecule has 0 radical (unpaired) electrons. The van der Waals surface area contributed by atoms with E-state index in [-0.39, 0.29) is 20.9 Å². The first-order valence-corrected chi connectivity index (χ1v) is 8.70. The lowest BCUT2D eigenvalue weighted by Gasteiger charge is -2.13. The molecular formula is C11H19N3O4S2. The maximum atomic E-state index is 12.2. The molecule has 0 aliphatic rings. The minimum Gasteiger partial charge on any atom is -0.372 e. The largest absolute Gasteiger partial charge is 0.372 e. The van der Waals surface area contributed by atoms with E-state index in [0.717, 1.165) is 17.4 Å². The molecular weight excluding hydrogens is 302 g/mol. The van der Waals surface area contributed by atoms with Gasteiger partial charge in [-0.25, -0.2) is 13.1 Å². The highest BCUT2D eigenvalue weighted by molar-refractivity contribution is 7.91. The van der Waals surface area contributed by atoms with E-state index in [9.17, 15) is 18.5 Å². The van der Waals surface area contributed by atoms with Crippen LogP contribution in [0.4, 0.5) is 10.7 Å². The van der Waals surface area contributed by atoms with E-state index < -0.39 is 14.9 Å². The zero-order valence-electron chi connectivity index (χ0n) is 11.7. The van der Waals surface area contributed by atoms with Gasteiger partial charge < -0.3 is 5.32 Å². The van der Waals surface area contributed by atoms with E-state index >= 15 is 0 Å². The maximum Gasteiger partial charge on any atom is 0.304 e. The molecule has 0 saturated heterocycles. The van der Waals surface area contributed by atoms with Crippen molar-refractivity contribution >= 4 is 32.0 Å². The Morgan fingerprint density at radius 2 is 1.95 bits per heavy atom. The van der Waals surface area contributed by atoms with Crippen molar-refractivity contribution in [3.8, 4) is 0 Å². The van der Waals surface area contributed by atoms with Crippen molar-refractivity contribution in [2.75, 3.05) is 11.9 Å². The molecule has 0 amide bonds. The van der Waals surface area contributed by atoms with Crippen molar-refractivity contribution in [3.05, 3.63) is 16.2 Å². The van der Waals surface area contributed by atoms with E-state index in [2.05, 4.69) is 10.0 Å². The average molecular weight is 321 g/mol. The molecule has 20 heavy (non-hydrogen) atoms. The van der Waals surface area contributed by atoms with Crippen LogP contribution in [0, 0.1) is 10.1 Å². The van der Waals surface area contributed by atoms with E-state index in [0.29, 0.717) is 19.4 Å². The fourth-order valence-electron chi connectivity index (χ4n) is 1.65. The van der Waals surface area contributed by atoms with Crippen LogP contribution < -0.4 is 10.0 Å². The predicted molar refractivity (Wildman–Crippen MR) is 79.8 cm³/mol. The van der Waals surface area contributed by atoms with Crippen LogP contribution in [-0.2, 0) is 10.0 Å². The number of nitro groups is 1. The Labute approximate surface area is 122 Å². The lowest BCUT2D eigenvalue weighted by atomic mass is 10.2. The molecule has 0 aliphatic carbocycles. The highest BCUT2D eigenvalue weighted by Gasteiger charge is 2.27. The zero-order valence-corrected chi connectivity index (χ0v) is 13.3. The first-order valence-electron chi connectivity index (χ1n) is 6.40. The van der Waals surface area contributed by atoms with Crippen molar-refractivity contribution < 1.29 is 13.3 Å². The van der Waals surface area contributed by atoms with Gasteiger partial charge in [-0.3, -0.25) is 10.1 Å². The van der Waals surface area contributed by atoms with Gasteiger partial charge in [0, 0.05) is 18.7 Å². The third kappa shape index (κ3) is 3.90. The Kier molecular flexibility index (Phi) is 5.90. The molecule has 0 spiro atoms. The second kappa shape index (κ2) is 7.00. The van der Waals surface area contributed by atoms with Crippen molar-refractivity contribution in [3.63, 3.8) is 0 Å². The smallest absolute Gasteiger partial charge is 0.304 e. The summed E-state index contributed by atoms with van der Waals surface area (Å²) in [6.45, 7) is 6.05. The minimum atomic E-state index is -3.71. The van der Waals surface area contributed by atoms with Gasteiger partial charge in [-0.1, -0.05) is 25.2 Å². The Hall–Kier alpha value is -1.19. The molecule has 2 N–H and O–H groups in total. The minimum absolute atomic E-state index is 0.0351. The molecule has 0 fully saturated rings. The summed E-state index contributed by atoms with van der Waals surface area (Å²) in [5, 5.41) is 14.0. The molecule has 0 atom stereocenters. The summed E-state index contributed by atoms with van der Waals surface area (Å²) in [7, 11) is -3.71. The average Bonchev–Trinajstić information content (AvgIpc) is 2.81. The number of nitrogens with one attached hydrogen (secondary N) is 2. The number of thiophene rings is 1. The summed E-state index contributed by atoms with van der Waals surface area (Å²) in [5.41, 5.74) is -0.207. The van der Waals surface area contributed by atoms with E-state index in [1.54, 1.807) is 6.92 Å². The SMILES string of the molecule is CCNc1sc(S(=O)(=O)NC(CC)CC)cc1[N+](=O)[O-]. The monoisotopic (exact) mass is 321 g/mol. The lowest BCUT2D eigenvalue weighted by molar-refractivity contribution is -0.383. The van der Waals surface area contributed by atoms with Crippen LogP contribution >= 0.6 is 11.3 Å². The number of hydrogen-bond donors (Lipinski definition) is 2. The highest BCUT2D eigenvalue weighted by Crippen LogP contribution is 2.36. The fraction of sp³-hybridized carbons (Fsp3) is 0.636. The van der Waals surface area contributed by atoms with Crippen molar-refractivity contribution in [1.29, 1.82) is 0 Å². The van der Waals surface area contributed by atoms with E-state index in [1.807, 2.05) is 13.8 Å². The fourth-order valence-corrected chi connectivity index (χ4v) is 4.46. The van der Waals surface area contributed by atoms with Crippen molar-refractivity contribution in [2.45, 2.75) is 43.9 Å². The molecule has 0 bridgehead atoms. The highest BCUT2D eigenvalue weighted by atomic mass is 32.2.